The molecule has 0 saturated heterocycles. The number of fused-ring (bicyclic) bond motifs is 1. The van der Waals surface area contributed by atoms with Gasteiger partial charge in [0.2, 0.25) is 0 Å². The van der Waals surface area contributed by atoms with Crippen molar-refractivity contribution < 1.29 is 14.6 Å². The molecule has 1 aromatic heterocycles. The van der Waals surface area contributed by atoms with Crippen LogP contribution in [0.5, 0.6) is 5.75 Å². The zero-order chi connectivity index (χ0) is 21.8. The van der Waals surface area contributed by atoms with Crippen LogP contribution in [0.1, 0.15) is 44.5 Å². The Hall–Kier alpha value is -3.00. The largest absolute Gasteiger partial charge is 0.479 e. The molecule has 0 unspecified atom stereocenters. The number of carboxylic acid groups (broad SMARTS) is 1. The Morgan fingerprint density at radius 2 is 1.97 bits per heavy atom. The van der Waals surface area contributed by atoms with Crippen LogP contribution in [-0.2, 0) is 4.79 Å². The van der Waals surface area contributed by atoms with E-state index in [1.807, 2.05) is 26.0 Å². The number of aliphatic carboxylic acids is 1. The molecule has 156 valence electrons. The lowest BCUT2D eigenvalue weighted by molar-refractivity contribution is -0.144. The van der Waals surface area contributed by atoms with Gasteiger partial charge in [-0.2, -0.15) is 9.78 Å². The molecule has 0 saturated carbocycles. The SMILES string of the molecule is CC[C@H](C)c1nc2ccc(Br)cc2c(=O)n1N=Cc1ccc(O[C@H](C)C(=O)O)cc1. The fourth-order valence-corrected chi connectivity index (χ4v) is 3.15. The summed E-state index contributed by atoms with van der Waals surface area (Å²) in [6.45, 7) is 5.51. The maximum Gasteiger partial charge on any atom is 0.344 e. The number of halogens is 1. The third kappa shape index (κ3) is 4.76. The van der Waals surface area contributed by atoms with Gasteiger partial charge in [-0.05, 0) is 61.4 Å². The van der Waals surface area contributed by atoms with Crippen LogP contribution >= 0.6 is 15.9 Å². The fourth-order valence-electron chi connectivity index (χ4n) is 2.79. The van der Waals surface area contributed by atoms with Crippen LogP contribution in [0, 0.1) is 0 Å². The highest BCUT2D eigenvalue weighted by atomic mass is 79.9. The number of aromatic nitrogens is 2. The van der Waals surface area contributed by atoms with Gasteiger partial charge in [0.1, 0.15) is 11.6 Å². The maximum atomic E-state index is 13.1. The number of carboxylic acids is 1. The lowest BCUT2D eigenvalue weighted by Crippen LogP contribution is -2.23. The van der Waals surface area contributed by atoms with Crippen molar-refractivity contribution >= 4 is 39.0 Å². The molecule has 3 aromatic rings. The van der Waals surface area contributed by atoms with Crippen LogP contribution in [0.4, 0.5) is 0 Å². The zero-order valence-electron chi connectivity index (χ0n) is 16.9. The Morgan fingerprint density at radius 1 is 1.27 bits per heavy atom. The Balaban J connectivity index is 1.97. The van der Waals surface area contributed by atoms with E-state index in [1.54, 1.807) is 36.5 Å². The Kier molecular flexibility index (Phi) is 6.66. The fraction of sp³-hybridized carbons (Fsp3) is 0.273. The van der Waals surface area contributed by atoms with Gasteiger partial charge in [0, 0.05) is 10.4 Å². The first-order valence-electron chi connectivity index (χ1n) is 9.56. The van der Waals surface area contributed by atoms with Crippen molar-refractivity contribution in [1.82, 2.24) is 9.66 Å². The van der Waals surface area contributed by atoms with E-state index >= 15 is 0 Å². The van der Waals surface area contributed by atoms with E-state index in [-0.39, 0.29) is 11.5 Å². The highest BCUT2D eigenvalue weighted by Gasteiger charge is 2.16. The van der Waals surface area contributed by atoms with E-state index in [9.17, 15) is 9.59 Å². The van der Waals surface area contributed by atoms with E-state index in [1.165, 1.54) is 11.6 Å². The Labute approximate surface area is 182 Å². The summed E-state index contributed by atoms with van der Waals surface area (Å²) in [5.74, 6) is 0.0600. The summed E-state index contributed by atoms with van der Waals surface area (Å²) < 4.78 is 7.47. The number of hydrogen-bond donors (Lipinski definition) is 1. The first-order valence-corrected chi connectivity index (χ1v) is 10.4. The highest BCUT2D eigenvalue weighted by molar-refractivity contribution is 9.10. The van der Waals surface area contributed by atoms with Gasteiger partial charge in [0.05, 0.1) is 17.1 Å². The first kappa shape index (κ1) is 21.7. The molecule has 7 nitrogen and oxygen atoms in total. The van der Waals surface area contributed by atoms with Gasteiger partial charge in [-0.25, -0.2) is 9.78 Å². The number of hydrogen-bond acceptors (Lipinski definition) is 5. The minimum absolute atomic E-state index is 0.0520. The molecule has 30 heavy (non-hydrogen) atoms. The topological polar surface area (TPSA) is 93.8 Å². The van der Waals surface area contributed by atoms with Crippen LogP contribution < -0.4 is 10.3 Å². The van der Waals surface area contributed by atoms with Gasteiger partial charge in [-0.15, -0.1) is 0 Å². The van der Waals surface area contributed by atoms with Gasteiger partial charge >= 0.3 is 5.97 Å². The van der Waals surface area contributed by atoms with Crippen molar-refractivity contribution in [1.29, 1.82) is 0 Å². The van der Waals surface area contributed by atoms with Crippen molar-refractivity contribution in [3.05, 3.63) is 68.7 Å². The number of nitrogens with zero attached hydrogens (tertiary/aromatic N) is 3. The maximum absolute atomic E-state index is 13.1. The molecule has 2 aromatic carbocycles. The second-order valence-corrected chi connectivity index (χ2v) is 7.89. The summed E-state index contributed by atoms with van der Waals surface area (Å²) in [4.78, 5) is 28.7. The first-order chi connectivity index (χ1) is 14.3. The molecule has 0 aliphatic carbocycles. The van der Waals surface area contributed by atoms with Crippen molar-refractivity contribution in [3.63, 3.8) is 0 Å². The van der Waals surface area contributed by atoms with Crippen LogP contribution in [0.3, 0.4) is 0 Å². The highest BCUT2D eigenvalue weighted by Crippen LogP contribution is 2.21. The molecule has 0 amide bonds. The molecular weight excluding hydrogens is 450 g/mol. The third-order valence-electron chi connectivity index (χ3n) is 4.75. The molecular formula is C22H22BrN3O4. The smallest absolute Gasteiger partial charge is 0.344 e. The van der Waals surface area contributed by atoms with E-state index in [0.717, 1.165) is 16.5 Å². The normalized spacial score (nSPS) is 13.5. The number of benzene rings is 2. The van der Waals surface area contributed by atoms with E-state index < -0.39 is 12.1 Å². The number of ether oxygens (including phenoxy) is 1. The lowest BCUT2D eigenvalue weighted by Gasteiger charge is -2.14. The summed E-state index contributed by atoms with van der Waals surface area (Å²) in [5.41, 5.74) is 1.14. The van der Waals surface area contributed by atoms with Crippen molar-refractivity contribution in [2.24, 2.45) is 5.10 Å². The molecule has 0 fully saturated rings. The van der Waals surface area contributed by atoms with Crippen molar-refractivity contribution in [3.8, 4) is 5.75 Å². The van der Waals surface area contributed by atoms with E-state index in [2.05, 4.69) is 26.0 Å². The summed E-state index contributed by atoms with van der Waals surface area (Å²) in [6, 6.07) is 12.2. The van der Waals surface area contributed by atoms with Crippen molar-refractivity contribution in [2.75, 3.05) is 0 Å². The predicted octanol–water partition coefficient (Wildman–Crippen LogP) is 4.41. The summed E-state index contributed by atoms with van der Waals surface area (Å²) in [5, 5.41) is 13.8. The summed E-state index contributed by atoms with van der Waals surface area (Å²) in [7, 11) is 0. The van der Waals surface area contributed by atoms with Crippen molar-refractivity contribution in [2.45, 2.75) is 39.2 Å². The van der Waals surface area contributed by atoms with Gasteiger partial charge in [0.15, 0.2) is 6.10 Å². The predicted molar refractivity (Wildman–Crippen MR) is 120 cm³/mol. The quantitative estimate of drug-likeness (QED) is 0.515. The van der Waals surface area contributed by atoms with Gasteiger partial charge in [-0.1, -0.05) is 29.8 Å². The average molecular weight is 472 g/mol. The minimum atomic E-state index is -1.03. The van der Waals surface area contributed by atoms with Gasteiger partial charge in [-0.3, -0.25) is 4.79 Å². The van der Waals surface area contributed by atoms with Crippen LogP contribution in [0.15, 0.2) is 56.8 Å². The average Bonchev–Trinajstić information content (AvgIpc) is 2.73. The second kappa shape index (κ2) is 9.21. The number of rotatable bonds is 7. The second-order valence-electron chi connectivity index (χ2n) is 6.97. The molecule has 0 spiro atoms. The molecule has 0 aliphatic heterocycles. The van der Waals surface area contributed by atoms with Gasteiger partial charge < -0.3 is 9.84 Å². The van der Waals surface area contributed by atoms with E-state index in [0.29, 0.717) is 22.5 Å². The summed E-state index contributed by atoms with van der Waals surface area (Å²) in [6.07, 6.45) is 1.45. The van der Waals surface area contributed by atoms with Crippen LogP contribution in [0.25, 0.3) is 10.9 Å². The molecule has 0 radical (unpaired) electrons. The van der Waals surface area contributed by atoms with E-state index in [4.69, 9.17) is 9.84 Å². The third-order valence-corrected chi connectivity index (χ3v) is 5.24. The van der Waals surface area contributed by atoms with Gasteiger partial charge in [0.25, 0.3) is 5.56 Å². The number of carbonyl (C=O) groups is 1. The molecule has 1 N–H and O–H groups in total. The van der Waals surface area contributed by atoms with Crippen LogP contribution in [-0.4, -0.2) is 33.1 Å². The molecule has 0 aliphatic rings. The summed E-state index contributed by atoms with van der Waals surface area (Å²) >= 11 is 3.40. The molecule has 8 heteroatoms. The lowest BCUT2D eigenvalue weighted by atomic mass is 10.1. The zero-order valence-corrected chi connectivity index (χ0v) is 18.5. The standard InChI is InChI=1S/C22H22BrN3O4/c1-4-13(2)20-25-19-10-7-16(23)11-18(19)21(27)26(20)24-12-15-5-8-17(9-6-15)30-14(3)22(28)29/h5-14H,4H2,1-3H3,(H,28,29)/t13-,14+/m0/s1. The molecule has 1 heterocycles. The molecule has 2 atom stereocenters. The monoisotopic (exact) mass is 471 g/mol. The molecule has 0 bridgehead atoms. The minimum Gasteiger partial charge on any atom is -0.479 e. The Morgan fingerprint density at radius 3 is 2.60 bits per heavy atom. The molecule has 3 rings (SSSR count). The van der Waals surface area contributed by atoms with Crippen LogP contribution in [0.2, 0.25) is 0 Å². The Bertz CT molecular complexity index is 1160.